The number of anilines is 2. The van der Waals surface area contributed by atoms with Gasteiger partial charge < -0.3 is 25.8 Å². The van der Waals surface area contributed by atoms with Crippen LogP contribution in [0.3, 0.4) is 0 Å². The molecule has 1 fully saturated rings. The van der Waals surface area contributed by atoms with Crippen molar-refractivity contribution in [1.82, 2.24) is 19.5 Å². The quantitative estimate of drug-likeness (QED) is 0.136. The van der Waals surface area contributed by atoms with Crippen LogP contribution in [0.15, 0.2) is 32.6 Å². The molecule has 0 amide bonds. The first-order chi connectivity index (χ1) is 15.7. The van der Waals surface area contributed by atoms with E-state index in [1.807, 2.05) is 0 Å². The molecule has 3 aromatic rings. The van der Waals surface area contributed by atoms with E-state index >= 15 is 0 Å². The molecule has 0 radical (unpaired) electrons. The number of ether oxygens (including phenoxy) is 1. The van der Waals surface area contributed by atoms with Gasteiger partial charge >= 0.3 is 0 Å². The number of imidazole rings is 1. The second-order valence-corrected chi connectivity index (χ2v) is 7.85. The van der Waals surface area contributed by atoms with Crippen LogP contribution in [0, 0.1) is 10.1 Å². The van der Waals surface area contributed by atoms with Gasteiger partial charge in [-0.1, -0.05) is 6.07 Å². The van der Waals surface area contributed by atoms with Crippen molar-refractivity contribution < 1.29 is 25.0 Å². The number of H-pyrrole nitrogens is 1. The van der Waals surface area contributed by atoms with Crippen molar-refractivity contribution in [3.63, 3.8) is 0 Å². The van der Waals surface area contributed by atoms with Crippen LogP contribution in [0.5, 0.6) is 0 Å². The predicted octanol–water partition coefficient (Wildman–Crippen LogP) is -0.570. The molecule has 33 heavy (non-hydrogen) atoms. The highest BCUT2D eigenvalue weighted by atomic mass is 79.9. The van der Waals surface area contributed by atoms with Gasteiger partial charge in [0.2, 0.25) is 11.9 Å². The molecule has 3 heterocycles. The van der Waals surface area contributed by atoms with E-state index in [-0.39, 0.29) is 28.7 Å². The number of hydrogen-bond donors (Lipinski definition) is 6. The number of aromatic amines is 1. The van der Waals surface area contributed by atoms with Gasteiger partial charge in [-0.2, -0.15) is 10.1 Å². The van der Waals surface area contributed by atoms with Crippen LogP contribution in [0.1, 0.15) is 11.8 Å². The SMILES string of the molecule is Nc1nc2c(nc(N/N=C/c3ccc(Br)c([N+](=O)[O-])c3)n2[C@@H]2O[C@H](CO)[C@H](O)[C@H]2O)c(=O)[nH]1. The van der Waals surface area contributed by atoms with E-state index < -0.39 is 41.6 Å². The van der Waals surface area contributed by atoms with Crippen LogP contribution in [0.25, 0.3) is 11.2 Å². The van der Waals surface area contributed by atoms with Crippen molar-refractivity contribution >= 4 is 50.9 Å². The lowest BCUT2D eigenvalue weighted by Crippen LogP contribution is -2.33. The average Bonchev–Trinajstić information content (AvgIpc) is 3.26. The minimum Gasteiger partial charge on any atom is -0.394 e. The second-order valence-electron chi connectivity index (χ2n) is 7.00. The minimum atomic E-state index is -1.50. The Balaban J connectivity index is 1.74. The van der Waals surface area contributed by atoms with Gasteiger partial charge in [0.1, 0.15) is 18.3 Å². The van der Waals surface area contributed by atoms with Crippen molar-refractivity contribution in [2.75, 3.05) is 17.8 Å². The maximum atomic E-state index is 12.3. The van der Waals surface area contributed by atoms with Gasteiger partial charge in [0.25, 0.3) is 11.2 Å². The topological polar surface area (TPSA) is 227 Å². The molecule has 0 unspecified atom stereocenters. The molecule has 4 atom stereocenters. The summed E-state index contributed by atoms with van der Waals surface area (Å²) in [7, 11) is 0. The lowest BCUT2D eigenvalue weighted by Gasteiger charge is -2.18. The van der Waals surface area contributed by atoms with E-state index in [9.17, 15) is 30.2 Å². The summed E-state index contributed by atoms with van der Waals surface area (Å²) in [6, 6.07) is 4.35. The number of hydrogen-bond acceptors (Lipinski definition) is 12. The molecule has 1 saturated heterocycles. The third-order valence-corrected chi connectivity index (χ3v) is 5.56. The maximum Gasteiger partial charge on any atom is 0.284 e. The summed E-state index contributed by atoms with van der Waals surface area (Å²) in [6.45, 7) is -0.569. The number of aliphatic hydroxyl groups excluding tert-OH is 3. The lowest BCUT2D eigenvalue weighted by atomic mass is 10.1. The van der Waals surface area contributed by atoms with Crippen LogP contribution < -0.4 is 16.7 Å². The van der Waals surface area contributed by atoms with Crippen molar-refractivity contribution in [1.29, 1.82) is 0 Å². The monoisotopic (exact) mass is 524 g/mol. The second kappa shape index (κ2) is 8.83. The van der Waals surface area contributed by atoms with E-state index in [2.05, 4.69) is 41.4 Å². The summed E-state index contributed by atoms with van der Waals surface area (Å²) in [4.78, 5) is 33.3. The number of rotatable bonds is 6. The molecule has 1 aliphatic rings. The van der Waals surface area contributed by atoms with Gasteiger partial charge in [0.15, 0.2) is 17.4 Å². The Morgan fingerprint density at radius 3 is 2.82 bits per heavy atom. The first-order valence-corrected chi connectivity index (χ1v) is 10.1. The molecule has 15 nitrogen and oxygen atoms in total. The number of nitro benzene ring substituents is 1. The first kappa shape index (κ1) is 22.7. The number of nitrogen functional groups attached to an aromatic ring is 1. The van der Waals surface area contributed by atoms with Gasteiger partial charge in [0, 0.05) is 11.6 Å². The molecular weight excluding hydrogens is 508 g/mol. The molecule has 2 aromatic heterocycles. The predicted molar refractivity (Wildman–Crippen MR) is 118 cm³/mol. The van der Waals surface area contributed by atoms with E-state index in [4.69, 9.17) is 10.5 Å². The van der Waals surface area contributed by atoms with E-state index in [1.54, 1.807) is 6.07 Å². The Bertz CT molecular complexity index is 1310. The highest BCUT2D eigenvalue weighted by Crippen LogP contribution is 2.34. The molecule has 0 aliphatic carbocycles. The number of nitrogens with two attached hydrogens (primary N) is 1. The Kier molecular flexibility index (Phi) is 6.09. The Hall–Kier alpha value is -3.44. The number of halogens is 1. The molecule has 0 bridgehead atoms. The van der Waals surface area contributed by atoms with Crippen molar-refractivity contribution in [3.05, 3.63) is 48.7 Å². The molecule has 1 aromatic carbocycles. The standard InChI is InChI=1S/C17H17BrN8O7/c18-7-2-1-6(3-8(7)26(31)32)4-20-24-17-21-10-13(22-16(19)23-14(10)30)25(17)15-12(29)11(28)9(5-27)33-15/h1-4,9,11-12,15,27-29H,5H2,(H,21,24)(H3,19,22,23,30)/b20-4+/t9-,11+,12-,15-/m1/s1. The van der Waals surface area contributed by atoms with Crippen molar-refractivity contribution in [2.45, 2.75) is 24.5 Å². The third-order valence-electron chi connectivity index (χ3n) is 4.89. The van der Waals surface area contributed by atoms with E-state index in [1.165, 1.54) is 22.9 Å². The molecule has 0 saturated carbocycles. The number of hydrazone groups is 1. The number of nitro groups is 1. The zero-order chi connectivity index (χ0) is 23.9. The smallest absolute Gasteiger partial charge is 0.284 e. The lowest BCUT2D eigenvalue weighted by molar-refractivity contribution is -0.385. The molecule has 16 heteroatoms. The fourth-order valence-corrected chi connectivity index (χ4v) is 3.72. The molecule has 174 valence electrons. The highest BCUT2D eigenvalue weighted by Gasteiger charge is 2.45. The summed E-state index contributed by atoms with van der Waals surface area (Å²) >= 11 is 3.10. The van der Waals surface area contributed by atoms with E-state index in [0.29, 0.717) is 10.0 Å². The van der Waals surface area contributed by atoms with Crippen LogP contribution in [-0.2, 0) is 4.74 Å². The molecule has 1 aliphatic heterocycles. The largest absolute Gasteiger partial charge is 0.394 e. The zero-order valence-corrected chi connectivity index (χ0v) is 18.1. The van der Waals surface area contributed by atoms with Crippen LogP contribution in [-0.4, -0.2) is 70.9 Å². The van der Waals surface area contributed by atoms with Crippen LogP contribution >= 0.6 is 15.9 Å². The number of nitrogens with one attached hydrogen (secondary N) is 2. The van der Waals surface area contributed by atoms with Crippen LogP contribution in [0.2, 0.25) is 0 Å². The summed E-state index contributed by atoms with van der Waals surface area (Å²) in [5, 5.41) is 45.1. The molecule has 0 spiro atoms. The normalized spacial score (nSPS) is 22.9. The molecule has 7 N–H and O–H groups in total. The number of aliphatic hydroxyl groups is 3. The third kappa shape index (κ3) is 4.16. The van der Waals surface area contributed by atoms with Crippen molar-refractivity contribution in [2.24, 2.45) is 5.10 Å². The summed E-state index contributed by atoms with van der Waals surface area (Å²) < 4.78 is 7.01. The van der Waals surface area contributed by atoms with Crippen LogP contribution in [0.4, 0.5) is 17.6 Å². The highest BCUT2D eigenvalue weighted by molar-refractivity contribution is 9.10. The Morgan fingerprint density at radius 2 is 2.15 bits per heavy atom. The van der Waals surface area contributed by atoms with Gasteiger partial charge in [-0.25, -0.2) is 10.4 Å². The van der Waals surface area contributed by atoms with Gasteiger partial charge in [-0.3, -0.25) is 24.5 Å². The first-order valence-electron chi connectivity index (χ1n) is 9.34. The minimum absolute atomic E-state index is 0.0666. The average molecular weight is 525 g/mol. The Morgan fingerprint density at radius 1 is 1.39 bits per heavy atom. The number of aromatic nitrogens is 4. The summed E-state index contributed by atoms with van der Waals surface area (Å²) in [5.41, 5.74) is 7.54. The van der Waals surface area contributed by atoms with Gasteiger partial charge in [-0.15, -0.1) is 0 Å². The summed E-state index contributed by atoms with van der Waals surface area (Å²) in [5.74, 6) is -0.330. The van der Waals surface area contributed by atoms with Gasteiger partial charge in [0.05, 0.1) is 22.2 Å². The molecule has 4 rings (SSSR count). The molecular formula is C17H17BrN8O7. The fraction of sp³-hybridized carbons (Fsp3) is 0.294. The maximum absolute atomic E-state index is 12.3. The van der Waals surface area contributed by atoms with E-state index in [0.717, 1.165) is 0 Å². The Labute approximate surface area is 191 Å². The fourth-order valence-electron chi connectivity index (χ4n) is 3.33. The summed E-state index contributed by atoms with van der Waals surface area (Å²) in [6.07, 6.45) is -4.03. The number of fused-ring (bicyclic) bond motifs is 1. The van der Waals surface area contributed by atoms with Crippen molar-refractivity contribution in [3.8, 4) is 0 Å². The zero-order valence-electron chi connectivity index (χ0n) is 16.5. The number of nitrogens with zero attached hydrogens (tertiary/aromatic N) is 5. The number of benzene rings is 1. The van der Waals surface area contributed by atoms with Gasteiger partial charge in [-0.05, 0) is 22.0 Å².